The first-order valence-corrected chi connectivity index (χ1v) is 10.1. The third-order valence-corrected chi connectivity index (χ3v) is 5.82. The highest BCUT2D eigenvalue weighted by Crippen LogP contribution is 2.49. The van der Waals surface area contributed by atoms with Crippen LogP contribution in [0.15, 0.2) is 36.5 Å². The number of nitrogens with zero attached hydrogens (tertiary/aromatic N) is 1. The fourth-order valence-electron chi connectivity index (χ4n) is 3.50. The second-order valence-corrected chi connectivity index (χ2v) is 8.23. The number of hydrogen-bond acceptors (Lipinski definition) is 5. The number of rotatable bonds is 7. The van der Waals surface area contributed by atoms with Crippen LogP contribution in [0.4, 0.5) is 17.6 Å². The van der Waals surface area contributed by atoms with Crippen LogP contribution in [0.2, 0.25) is 0 Å². The lowest BCUT2D eigenvalue weighted by Gasteiger charge is -2.24. The number of halogens is 4. The Labute approximate surface area is 186 Å². The Hall–Kier alpha value is -3.21. The van der Waals surface area contributed by atoms with Gasteiger partial charge in [-0.05, 0) is 37.6 Å². The number of pyridine rings is 1. The lowest BCUT2D eigenvalue weighted by atomic mass is 9.91. The van der Waals surface area contributed by atoms with Gasteiger partial charge in [0.15, 0.2) is 5.54 Å². The van der Waals surface area contributed by atoms with Crippen LogP contribution in [0.1, 0.15) is 48.3 Å². The number of amides is 2. The van der Waals surface area contributed by atoms with Gasteiger partial charge in [0.1, 0.15) is 17.3 Å². The number of phenolic OH excluding ortho intramolecular Hbond substituents is 1. The lowest BCUT2D eigenvalue weighted by Crippen LogP contribution is -2.53. The Morgan fingerprint density at radius 1 is 1.27 bits per heavy atom. The molecule has 1 aromatic carbocycles. The molecule has 2 amide bonds. The first-order valence-electron chi connectivity index (χ1n) is 10.1. The molecular formula is C22H23F4N3O4. The lowest BCUT2D eigenvalue weighted by molar-refractivity contribution is -0.165. The predicted molar refractivity (Wildman–Crippen MR) is 109 cm³/mol. The Balaban J connectivity index is 1.71. The van der Waals surface area contributed by atoms with Gasteiger partial charge in [-0.1, -0.05) is 13.0 Å². The van der Waals surface area contributed by atoms with Crippen molar-refractivity contribution >= 4 is 11.8 Å². The summed E-state index contributed by atoms with van der Waals surface area (Å²) >= 11 is 0. The zero-order chi connectivity index (χ0) is 24.6. The third kappa shape index (κ3) is 4.92. The van der Waals surface area contributed by atoms with Crippen LogP contribution in [0.25, 0.3) is 0 Å². The van der Waals surface area contributed by atoms with Gasteiger partial charge < -0.3 is 20.8 Å². The van der Waals surface area contributed by atoms with Crippen LogP contribution >= 0.6 is 0 Å². The third-order valence-electron chi connectivity index (χ3n) is 5.82. The molecule has 1 fully saturated rings. The molecule has 4 N–H and O–H groups in total. The van der Waals surface area contributed by atoms with E-state index in [0.717, 1.165) is 12.1 Å². The van der Waals surface area contributed by atoms with Gasteiger partial charge in [-0.15, -0.1) is 0 Å². The number of phenols is 1. The first kappa shape index (κ1) is 24.4. The second-order valence-electron chi connectivity index (χ2n) is 8.23. The van der Waals surface area contributed by atoms with E-state index in [9.17, 15) is 37.4 Å². The molecule has 2 aromatic rings. The molecule has 3 rings (SSSR count). The molecule has 1 aliphatic carbocycles. The van der Waals surface area contributed by atoms with E-state index in [-0.39, 0.29) is 23.2 Å². The fourth-order valence-corrected chi connectivity index (χ4v) is 3.50. The molecule has 0 radical (unpaired) electrons. The van der Waals surface area contributed by atoms with Crippen LogP contribution in [0.5, 0.6) is 5.75 Å². The van der Waals surface area contributed by atoms with Crippen LogP contribution < -0.4 is 10.6 Å². The zero-order valence-electron chi connectivity index (χ0n) is 17.8. The van der Waals surface area contributed by atoms with Crippen molar-refractivity contribution in [3.8, 4) is 5.75 Å². The molecule has 0 spiro atoms. The standard InChI is InChI=1S/C22H23F4N3O4/c1-3-20(2,33)13-10-14(23)12(8-16(13)30)9-18(31)28-17-11-21(17,22(24,25)26)29-19(32)15-6-4-5-7-27-15/h4-8,10,17,30,33H,3,9,11H2,1-2H3,(H,28,31)(H,29,32)/t17?,20-,21?/m1/s1. The molecule has 2 unspecified atom stereocenters. The molecule has 1 saturated carbocycles. The fraction of sp³-hybridized carbons (Fsp3) is 0.409. The minimum Gasteiger partial charge on any atom is -0.508 e. The molecule has 11 heteroatoms. The molecule has 178 valence electrons. The molecule has 33 heavy (non-hydrogen) atoms. The maximum absolute atomic E-state index is 14.5. The summed E-state index contributed by atoms with van der Waals surface area (Å²) in [4.78, 5) is 28.3. The van der Waals surface area contributed by atoms with Gasteiger partial charge in [0.05, 0.1) is 18.1 Å². The minimum absolute atomic E-state index is 0.0674. The summed E-state index contributed by atoms with van der Waals surface area (Å²) in [5.74, 6) is -3.30. The summed E-state index contributed by atoms with van der Waals surface area (Å²) in [6, 6.07) is 4.61. The average molecular weight is 469 g/mol. The van der Waals surface area contributed by atoms with E-state index in [1.807, 2.05) is 5.32 Å². The van der Waals surface area contributed by atoms with Gasteiger partial charge in [0.2, 0.25) is 5.91 Å². The highest BCUT2D eigenvalue weighted by Gasteiger charge is 2.72. The van der Waals surface area contributed by atoms with Crippen LogP contribution in [-0.2, 0) is 16.8 Å². The monoisotopic (exact) mass is 469 g/mol. The molecular weight excluding hydrogens is 446 g/mol. The molecule has 1 aromatic heterocycles. The van der Waals surface area contributed by atoms with Crippen molar-refractivity contribution in [3.63, 3.8) is 0 Å². The number of benzene rings is 1. The number of carbonyl (C=O) groups excluding carboxylic acids is 2. The molecule has 0 bridgehead atoms. The minimum atomic E-state index is -4.85. The van der Waals surface area contributed by atoms with Crippen molar-refractivity contribution in [3.05, 3.63) is 59.2 Å². The SMILES string of the molecule is CC[C@@](C)(O)c1cc(F)c(CC(=O)NC2CC2(NC(=O)c2ccccn2)C(F)(F)F)cc1O. The maximum atomic E-state index is 14.5. The highest BCUT2D eigenvalue weighted by atomic mass is 19.4. The summed E-state index contributed by atoms with van der Waals surface area (Å²) in [6.45, 7) is 3.02. The summed E-state index contributed by atoms with van der Waals surface area (Å²) in [6.07, 6.45) is -4.65. The number of aromatic hydroxyl groups is 1. The second kappa shape index (κ2) is 8.62. The first-order chi connectivity index (χ1) is 15.3. The Kier molecular flexibility index (Phi) is 6.38. The summed E-state index contributed by atoms with van der Waals surface area (Å²) in [5, 5.41) is 24.4. The molecule has 1 aliphatic rings. The number of aliphatic hydroxyl groups is 1. The Morgan fingerprint density at radius 3 is 2.55 bits per heavy atom. The van der Waals surface area contributed by atoms with E-state index in [2.05, 4.69) is 10.3 Å². The van der Waals surface area contributed by atoms with Gasteiger partial charge in [-0.25, -0.2) is 4.39 Å². The van der Waals surface area contributed by atoms with Crippen molar-refractivity contribution in [2.24, 2.45) is 0 Å². The number of carbonyl (C=O) groups is 2. The summed E-state index contributed by atoms with van der Waals surface area (Å²) in [5.41, 5.74) is -4.70. The summed E-state index contributed by atoms with van der Waals surface area (Å²) in [7, 11) is 0. The van der Waals surface area contributed by atoms with Crippen molar-refractivity contribution in [1.29, 1.82) is 0 Å². The van der Waals surface area contributed by atoms with Gasteiger partial charge in [0, 0.05) is 23.7 Å². The van der Waals surface area contributed by atoms with Crippen molar-refractivity contribution in [1.82, 2.24) is 15.6 Å². The largest absolute Gasteiger partial charge is 0.508 e. The molecule has 0 saturated heterocycles. The van der Waals surface area contributed by atoms with Gasteiger partial charge in [-0.3, -0.25) is 14.6 Å². The summed E-state index contributed by atoms with van der Waals surface area (Å²) < 4.78 is 55.6. The smallest absolute Gasteiger partial charge is 0.413 e. The van der Waals surface area contributed by atoms with E-state index in [0.29, 0.717) is 0 Å². The number of aromatic nitrogens is 1. The molecule has 7 nitrogen and oxygen atoms in total. The molecule has 0 aliphatic heterocycles. The van der Waals surface area contributed by atoms with Crippen LogP contribution in [-0.4, -0.2) is 44.8 Å². The molecule has 1 heterocycles. The highest BCUT2D eigenvalue weighted by molar-refractivity contribution is 5.93. The van der Waals surface area contributed by atoms with E-state index in [4.69, 9.17) is 0 Å². The predicted octanol–water partition coefficient (Wildman–Crippen LogP) is 2.71. The van der Waals surface area contributed by atoms with Gasteiger partial charge >= 0.3 is 6.18 Å². The number of hydrogen-bond donors (Lipinski definition) is 4. The zero-order valence-corrected chi connectivity index (χ0v) is 17.8. The van der Waals surface area contributed by atoms with E-state index < -0.39 is 59.6 Å². The van der Waals surface area contributed by atoms with Crippen molar-refractivity contribution < 1.29 is 37.4 Å². The van der Waals surface area contributed by atoms with Crippen LogP contribution in [0.3, 0.4) is 0 Å². The topological polar surface area (TPSA) is 112 Å². The van der Waals surface area contributed by atoms with Gasteiger partial charge in [0.25, 0.3) is 5.91 Å². The van der Waals surface area contributed by atoms with E-state index in [1.165, 1.54) is 31.3 Å². The Morgan fingerprint density at radius 2 is 1.97 bits per heavy atom. The number of nitrogens with one attached hydrogen (secondary N) is 2. The quantitative estimate of drug-likeness (QED) is 0.466. The Bertz CT molecular complexity index is 1060. The normalized spacial score (nSPS) is 21.7. The van der Waals surface area contributed by atoms with Crippen molar-refractivity contribution in [2.75, 3.05) is 0 Å². The van der Waals surface area contributed by atoms with Crippen LogP contribution in [0, 0.1) is 5.82 Å². The maximum Gasteiger partial charge on any atom is 0.413 e. The molecule has 3 atom stereocenters. The van der Waals surface area contributed by atoms with Gasteiger partial charge in [-0.2, -0.15) is 13.2 Å². The van der Waals surface area contributed by atoms with Crippen molar-refractivity contribution in [2.45, 2.75) is 56.5 Å². The van der Waals surface area contributed by atoms with E-state index in [1.54, 1.807) is 6.92 Å². The number of alkyl halides is 3. The average Bonchev–Trinajstić information content (AvgIpc) is 3.44. The van der Waals surface area contributed by atoms with E-state index >= 15 is 0 Å².